The molecule has 1 aliphatic heterocycles. The number of carbonyl (C=O) groups is 1. The lowest BCUT2D eigenvalue weighted by Crippen LogP contribution is -2.39. The van der Waals surface area contributed by atoms with Crippen molar-refractivity contribution < 1.29 is 27.8 Å². The van der Waals surface area contributed by atoms with Gasteiger partial charge in [-0.3, -0.25) is 9.69 Å². The van der Waals surface area contributed by atoms with Gasteiger partial charge in [0.1, 0.15) is 12.3 Å². The van der Waals surface area contributed by atoms with Gasteiger partial charge in [0.25, 0.3) is 5.91 Å². The summed E-state index contributed by atoms with van der Waals surface area (Å²) in [7, 11) is 2.74. The van der Waals surface area contributed by atoms with Crippen LogP contribution >= 0.6 is 0 Å². The quantitative estimate of drug-likeness (QED) is 0.850. The third-order valence-corrected chi connectivity index (χ3v) is 3.40. The number of amides is 1. The number of hydrogen-bond donors (Lipinski definition) is 0. The van der Waals surface area contributed by atoms with E-state index in [0.717, 1.165) is 17.0 Å². The minimum atomic E-state index is -0.783. The molecule has 0 N–H and O–H groups in total. The molecule has 24 heavy (non-hydrogen) atoms. The van der Waals surface area contributed by atoms with Crippen LogP contribution in [0.25, 0.3) is 0 Å². The number of methoxy groups -OCH3 is 2. The van der Waals surface area contributed by atoms with Gasteiger partial charge in [-0.05, 0) is 12.1 Å². The summed E-state index contributed by atoms with van der Waals surface area (Å²) >= 11 is 0. The molecule has 0 fully saturated rings. The first kappa shape index (κ1) is 15.9. The SMILES string of the molecule is COc1cc(OC)nc(C(=O)N2CCOc3c(F)ccc(F)c32)n1. The largest absolute Gasteiger partial charge is 0.486 e. The van der Waals surface area contributed by atoms with E-state index in [0.29, 0.717) is 0 Å². The Morgan fingerprint density at radius 1 is 1.17 bits per heavy atom. The maximum absolute atomic E-state index is 14.1. The zero-order valence-electron chi connectivity index (χ0n) is 12.9. The van der Waals surface area contributed by atoms with Crippen molar-refractivity contribution in [3.05, 3.63) is 35.7 Å². The fraction of sp³-hybridized carbons (Fsp3) is 0.267. The van der Waals surface area contributed by atoms with Crippen molar-refractivity contribution >= 4 is 11.6 Å². The Morgan fingerprint density at radius 2 is 1.79 bits per heavy atom. The van der Waals surface area contributed by atoms with Crippen molar-refractivity contribution in [2.24, 2.45) is 0 Å². The first-order chi connectivity index (χ1) is 11.5. The lowest BCUT2D eigenvalue weighted by molar-refractivity contribution is 0.0962. The Hall–Kier alpha value is -2.97. The molecule has 3 rings (SSSR count). The average Bonchev–Trinajstić information content (AvgIpc) is 2.63. The molecule has 1 amide bonds. The van der Waals surface area contributed by atoms with Crippen LogP contribution in [0.15, 0.2) is 18.2 Å². The molecular weight excluding hydrogens is 324 g/mol. The number of aromatic nitrogens is 2. The number of rotatable bonds is 3. The molecule has 0 unspecified atom stereocenters. The van der Waals surface area contributed by atoms with Crippen LogP contribution in [0.2, 0.25) is 0 Å². The molecule has 1 aromatic carbocycles. The fourth-order valence-corrected chi connectivity index (χ4v) is 2.29. The van der Waals surface area contributed by atoms with E-state index in [2.05, 4.69) is 9.97 Å². The van der Waals surface area contributed by atoms with E-state index in [9.17, 15) is 13.6 Å². The maximum Gasteiger partial charge on any atom is 0.296 e. The van der Waals surface area contributed by atoms with Crippen molar-refractivity contribution in [2.75, 3.05) is 32.3 Å². The molecule has 126 valence electrons. The predicted molar refractivity (Wildman–Crippen MR) is 78.7 cm³/mol. The summed E-state index contributed by atoms with van der Waals surface area (Å²) in [5.41, 5.74) is -0.281. The number of ether oxygens (including phenoxy) is 3. The van der Waals surface area contributed by atoms with E-state index < -0.39 is 17.5 Å². The first-order valence-electron chi connectivity index (χ1n) is 6.95. The number of fused-ring (bicyclic) bond motifs is 1. The number of carbonyl (C=O) groups excluding carboxylic acids is 1. The van der Waals surface area contributed by atoms with Gasteiger partial charge in [-0.1, -0.05) is 0 Å². The summed E-state index contributed by atoms with van der Waals surface area (Å²) in [5, 5.41) is 0. The van der Waals surface area contributed by atoms with Gasteiger partial charge >= 0.3 is 0 Å². The van der Waals surface area contributed by atoms with Gasteiger partial charge in [-0.25, -0.2) is 8.78 Å². The Morgan fingerprint density at radius 3 is 2.42 bits per heavy atom. The molecule has 7 nitrogen and oxygen atoms in total. The molecule has 0 spiro atoms. The van der Waals surface area contributed by atoms with Gasteiger partial charge in [0.15, 0.2) is 17.4 Å². The van der Waals surface area contributed by atoms with Gasteiger partial charge in [0.05, 0.1) is 26.8 Å². The normalized spacial score (nSPS) is 13.1. The summed E-state index contributed by atoms with van der Waals surface area (Å²) in [6, 6.07) is 3.26. The molecule has 2 aromatic rings. The van der Waals surface area contributed by atoms with Crippen molar-refractivity contribution in [3.63, 3.8) is 0 Å². The van der Waals surface area contributed by atoms with E-state index in [1.165, 1.54) is 20.3 Å². The number of halogens is 2. The standard InChI is InChI=1S/C15H13F2N3O4/c1-22-10-7-11(23-2)19-14(18-10)15(21)20-5-6-24-13-9(17)4-3-8(16)12(13)20/h3-4,7H,5-6H2,1-2H3. The average molecular weight is 337 g/mol. The number of anilines is 1. The zero-order chi connectivity index (χ0) is 17.3. The summed E-state index contributed by atoms with van der Waals surface area (Å²) in [6.07, 6.45) is 0. The number of benzene rings is 1. The predicted octanol–water partition coefficient (Wildman–Crippen LogP) is 1.81. The zero-order valence-corrected chi connectivity index (χ0v) is 12.9. The molecule has 1 aliphatic rings. The molecule has 0 saturated carbocycles. The number of nitrogens with zero attached hydrogens (tertiary/aromatic N) is 3. The topological polar surface area (TPSA) is 73.8 Å². The summed E-state index contributed by atoms with van der Waals surface area (Å²) < 4.78 is 43.1. The van der Waals surface area contributed by atoms with Crippen LogP contribution in [0.1, 0.15) is 10.6 Å². The van der Waals surface area contributed by atoms with Crippen LogP contribution in [0.5, 0.6) is 17.5 Å². The number of hydrogen-bond acceptors (Lipinski definition) is 6. The minimum Gasteiger partial charge on any atom is -0.486 e. The molecule has 0 atom stereocenters. The van der Waals surface area contributed by atoms with Gasteiger partial charge in [0.2, 0.25) is 17.6 Å². The third kappa shape index (κ3) is 2.68. The van der Waals surface area contributed by atoms with Gasteiger partial charge in [0, 0.05) is 0 Å². The second kappa shape index (κ2) is 6.26. The molecule has 0 radical (unpaired) electrons. The smallest absolute Gasteiger partial charge is 0.296 e. The second-order valence-corrected chi connectivity index (χ2v) is 4.79. The first-order valence-corrected chi connectivity index (χ1v) is 6.95. The Bertz CT molecular complexity index is 778. The van der Waals surface area contributed by atoms with Crippen LogP contribution in [-0.4, -0.2) is 43.2 Å². The monoisotopic (exact) mass is 337 g/mol. The van der Waals surface area contributed by atoms with Crippen molar-refractivity contribution in [1.29, 1.82) is 0 Å². The highest BCUT2D eigenvalue weighted by molar-refractivity contribution is 6.05. The molecule has 0 aliphatic carbocycles. The molecule has 0 saturated heterocycles. The molecule has 2 heterocycles. The van der Waals surface area contributed by atoms with Crippen LogP contribution in [0, 0.1) is 11.6 Å². The molecule has 9 heteroatoms. The van der Waals surface area contributed by atoms with Crippen molar-refractivity contribution in [2.45, 2.75) is 0 Å². The lowest BCUT2D eigenvalue weighted by atomic mass is 10.2. The van der Waals surface area contributed by atoms with E-state index in [4.69, 9.17) is 14.2 Å². The maximum atomic E-state index is 14.1. The summed E-state index contributed by atoms with van der Waals surface area (Å²) in [5.74, 6) is -2.62. The molecule has 0 bridgehead atoms. The van der Waals surface area contributed by atoms with E-state index in [1.54, 1.807) is 0 Å². The Kier molecular flexibility index (Phi) is 4.15. The van der Waals surface area contributed by atoms with Crippen LogP contribution in [0.3, 0.4) is 0 Å². The molecular formula is C15H13F2N3O4. The minimum absolute atomic E-state index is 0.0141. The fourth-order valence-electron chi connectivity index (χ4n) is 2.29. The van der Waals surface area contributed by atoms with Crippen LogP contribution in [-0.2, 0) is 0 Å². The lowest BCUT2D eigenvalue weighted by Gasteiger charge is -2.29. The van der Waals surface area contributed by atoms with E-state index >= 15 is 0 Å². The molecule has 1 aromatic heterocycles. The van der Waals surface area contributed by atoms with E-state index in [1.807, 2.05) is 0 Å². The highest BCUT2D eigenvalue weighted by Crippen LogP contribution is 2.37. The Labute approximate surface area is 135 Å². The van der Waals surface area contributed by atoms with Crippen LogP contribution < -0.4 is 19.1 Å². The van der Waals surface area contributed by atoms with Crippen molar-refractivity contribution in [3.8, 4) is 17.5 Å². The summed E-state index contributed by atoms with van der Waals surface area (Å²) in [4.78, 5) is 21.6. The Balaban J connectivity index is 2.06. The highest BCUT2D eigenvalue weighted by atomic mass is 19.1. The second-order valence-electron chi connectivity index (χ2n) is 4.79. The van der Waals surface area contributed by atoms with Crippen LogP contribution in [0.4, 0.5) is 14.5 Å². The third-order valence-electron chi connectivity index (χ3n) is 3.40. The highest BCUT2D eigenvalue weighted by Gasteiger charge is 2.32. The summed E-state index contributed by atoms with van der Waals surface area (Å²) in [6.45, 7) is 0.0370. The van der Waals surface area contributed by atoms with Gasteiger partial charge < -0.3 is 14.2 Å². The van der Waals surface area contributed by atoms with Gasteiger partial charge in [-0.2, -0.15) is 9.97 Å². The van der Waals surface area contributed by atoms with Gasteiger partial charge in [-0.15, -0.1) is 0 Å². The van der Waals surface area contributed by atoms with Crippen molar-refractivity contribution in [1.82, 2.24) is 9.97 Å². The van der Waals surface area contributed by atoms with E-state index in [-0.39, 0.29) is 42.2 Å².